The van der Waals surface area contributed by atoms with E-state index in [1.807, 2.05) is 12.5 Å². The third-order valence-electron chi connectivity index (χ3n) is 9.02. The van der Waals surface area contributed by atoms with Gasteiger partial charge < -0.3 is 9.52 Å². The minimum atomic E-state index is -0.0957. The summed E-state index contributed by atoms with van der Waals surface area (Å²) < 4.78 is 5.42. The van der Waals surface area contributed by atoms with Crippen LogP contribution in [0.5, 0.6) is 0 Å². The summed E-state index contributed by atoms with van der Waals surface area (Å²) >= 11 is 0. The lowest BCUT2D eigenvalue weighted by atomic mass is 9.47. The van der Waals surface area contributed by atoms with Crippen LogP contribution >= 0.6 is 0 Å². The van der Waals surface area contributed by atoms with Crippen LogP contribution in [0.15, 0.2) is 34.7 Å². The predicted molar refractivity (Wildman–Crippen MR) is 99.2 cm³/mol. The van der Waals surface area contributed by atoms with E-state index in [0.29, 0.717) is 16.7 Å². The van der Waals surface area contributed by atoms with Gasteiger partial charge in [0.15, 0.2) is 0 Å². The van der Waals surface area contributed by atoms with Gasteiger partial charge in [-0.3, -0.25) is 0 Å². The molecule has 25 heavy (non-hydrogen) atoms. The van der Waals surface area contributed by atoms with Crippen molar-refractivity contribution in [2.24, 2.45) is 28.6 Å². The van der Waals surface area contributed by atoms with E-state index < -0.39 is 0 Å². The largest absolute Gasteiger partial charge is 0.472 e. The van der Waals surface area contributed by atoms with Gasteiger partial charge in [0.1, 0.15) is 0 Å². The van der Waals surface area contributed by atoms with Gasteiger partial charge >= 0.3 is 0 Å². The van der Waals surface area contributed by atoms with Crippen LogP contribution in [0.2, 0.25) is 0 Å². The van der Waals surface area contributed by atoms with Gasteiger partial charge in [0, 0.05) is 0 Å². The van der Waals surface area contributed by atoms with E-state index in [0.717, 1.165) is 30.6 Å². The minimum absolute atomic E-state index is 0.0957. The van der Waals surface area contributed by atoms with Crippen molar-refractivity contribution in [1.82, 2.24) is 0 Å². The molecular weight excluding hydrogens is 308 g/mol. The Morgan fingerprint density at radius 1 is 1.08 bits per heavy atom. The second-order valence-electron chi connectivity index (χ2n) is 9.89. The average molecular weight is 341 g/mol. The fourth-order valence-corrected chi connectivity index (χ4v) is 7.66. The van der Waals surface area contributed by atoms with Crippen molar-refractivity contribution in [3.63, 3.8) is 0 Å². The molecule has 1 aromatic rings. The number of aliphatic hydroxyl groups excluding tert-OH is 1. The standard InChI is InChI=1S/C23H32O2/c1-22-10-7-17(24)13-16(22)3-4-18-20-6-5-19(15-9-12-25-14-15)23(20,2)11-8-21(18)22/h3,9,12,14,17-21,24H,4-8,10-11,13H2,1-2H3/t17?,18-,19?,20-,21+,22-,23+/m0/s1. The van der Waals surface area contributed by atoms with Crippen molar-refractivity contribution in [3.8, 4) is 0 Å². The summed E-state index contributed by atoms with van der Waals surface area (Å²) in [5.41, 5.74) is 3.82. The zero-order chi connectivity index (χ0) is 17.2. The van der Waals surface area contributed by atoms with Crippen LogP contribution < -0.4 is 0 Å². The molecule has 0 aromatic carbocycles. The summed E-state index contributed by atoms with van der Waals surface area (Å²) in [6.07, 6.45) is 16.1. The van der Waals surface area contributed by atoms with Crippen LogP contribution in [0, 0.1) is 28.6 Å². The molecule has 0 saturated heterocycles. The number of aliphatic hydroxyl groups is 1. The second-order valence-corrected chi connectivity index (χ2v) is 9.89. The van der Waals surface area contributed by atoms with Crippen LogP contribution in [-0.2, 0) is 0 Å². The molecule has 7 atom stereocenters. The molecule has 1 N–H and O–H groups in total. The molecule has 0 bridgehead atoms. The van der Waals surface area contributed by atoms with E-state index in [2.05, 4.69) is 26.0 Å². The predicted octanol–water partition coefficient (Wildman–Crippen LogP) is 5.69. The van der Waals surface area contributed by atoms with Gasteiger partial charge in [-0.25, -0.2) is 0 Å². The number of hydrogen-bond acceptors (Lipinski definition) is 2. The van der Waals surface area contributed by atoms with Crippen LogP contribution in [0.25, 0.3) is 0 Å². The first kappa shape index (κ1) is 16.2. The van der Waals surface area contributed by atoms with Crippen molar-refractivity contribution in [3.05, 3.63) is 35.8 Å². The van der Waals surface area contributed by atoms with Gasteiger partial charge in [-0.2, -0.15) is 0 Å². The Bertz CT molecular complexity index is 674. The second kappa shape index (κ2) is 5.49. The van der Waals surface area contributed by atoms with Gasteiger partial charge in [-0.1, -0.05) is 25.5 Å². The number of fused-ring (bicyclic) bond motifs is 5. The number of furan rings is 1. The number of allylic oxidation sites excluding steroid dienone is 1. The maximum Gasteiger partial charge on any atom is 0.0937 e. The quantitative estimate of drug-likeness (QED) is 0.667. The SMILES string of the molecule is C[C@]12CCC(O)CC1=CC[C@@H]1[C@H]2CC[C@]2(C)C(c3ccoc3)CC[C@@H]12. The molecule has 1 heterocycles. The fraction of sp³-hybridized carbons (Fsp3) is 0.739. The first-order valence-electron chi connectivity index (χ1n) is 10.4. The molecule has 2 heteroatoms. The normalized spacial score (nSPS) is 49.1. The van der Waals surface area contributed by atoms with Crippen molar-refractivity contribution < 1.29 is 9.52 Å². The zero-order valence-corrected chi connectivity index (χ0v) is 15.7. The van der Waals surface area contributed by atoms with Gasteiger partial charge in [0.2, 0.25) is 0 Å². The van der Waals surface area contributed by atoms with E-state index in [1.54, 1.807) is 5.57 Å². The van der Waals surface area contributed by atoms with Gasteiger partial charge in [-0.15, -0.1) is 0 Å². The Hall–Kier alpha value is -1.02. The molecule has 3 fully saturated rings. The van der Waals surface area contributed by atoms with Crippen LogP contribution in [0.4, 0.5) is 0 Å². The Labute approximate surface area is 151 Å². The smallest absolute Gasteiger partial charge is 0.0937 e. The van der Waals surface area contributed by atoms with Gasteiger partial charge in [0.05, 0.1) is 18.6 Å². The molecule has 0 amide bonds. The molecule has 4 aliphatic carbocycles. The van der Waals surface area contributed by atoms with Crippen molar-refractivity contribution in [2.75, 3.05) is 0 Å². The lowest BCUT2D eigenvalue weighted by Crippen LogP contribution is -2.50. The van der Waals surface area contributed by atoms with Crippen LogP contribution in [0.3, 0.4) is 0 Å². The first-order chi connectivity index (χ1) is 12.0. The third kappa shape index (κ3) is 2.19. The highest BCUT2D eigenvalue weighted by molar-refractivity contribution is 5.27. The third-order valence-corrected chi connectivity index (χ3v) is 9.02. The average Bonchev–Trinajstić information content (AvgIpc) is 3.22. The molecule has 0 aliphatic heterocycles. The molecule has 3 saturated carbocycles. The number of rotatable bonds is 1. The molecule has 2 unspecified atom stereocenters. The highest BCUT2D eigenvalue weighted by atomic mass is 16.3. The minimum Gasteiger partial charge on any atom is -0.472 e. The molecule has 5 rings (SSSR count). The lowest BCUT2D eigenvalue weighted by Gasteiger charge is -2.58. The Kier molecular flexibility index (Phi) is 3.55. The lowest BCUT2D eigenvalue weighted by molar-refractivity contribution is -0.0409. The van der Waals surface area contributed by atoms with Crippen molar-refractivity contribution in [1.29, 1.82) is 0 Å². The molecular formula is C23H32O2. The molecule has 136 valence electrons. The van der Waals surface area contributed by atoms with E-state index >= 15 is 0 Å². The van der Waals surface area contributed by atoms with Crippen molar-refractivity contribution in [2.45, 2.75) is 77.2 Å². The molecule has 0 spiro atoms. The summed E-state index contributed by atoms with van der Waals surface area (Å²) in [6, 6.07) is 2.20. The Morgan fingerprint density at radius 3 is 2.76 bits per heavy atom. The molecule has 0 radical (unpaired) electrons. The Balaban J connectivity index is 1.47. The zero-order valence-electron chi connectivity index (χ0n) is 15.7. The monoisotopic (exact) mass is 340 g/mol. The van der Waals surface area contributed by atoms with E-state index in [-0.39, 0.29) is 6.10 Å². The summed E-state index contributed by atoms with van der Waals surface area (Å²) in [5, 5.41) is 10.1. The highest BCUT2D eigenvalue weighted by Gasteiger charge is 2.58. The maximum atomic E-state index is 10.1. The van der Waals surface area contributed by atoms with E-state index in [1.165, 1.54) is 44.1 Å². The molecule has 4 aliphatic rings. The Morgan fingerprint density at radius 2 is 1.96 bits per heavy atom. The summed E-state index contributed by atoms with van der Waals surface area (Å²) in [7, 11) is 0. The van der Waals surface area contributed by atoms with Gasteiger partial charge in [-0.05, 0) is 97.5 Å². The molecule has 1 aromatic heterocycles. The molecule has 2 nitrogen and oxygen atoms in total. The van der Waals surface area contributed by atoms with E-state index in [9.17, 15) is 5.11 Å². The highest BCUT2D eigenvalue weighted by Crippen LogP contribution is 2.67. The summed E-state index contributed by atoms with van der Waals surface area (Å²) in [5.74, 6) is 3.22. The van der Waals surface area contributed by atoms with E-state index in [4.69, 9.17) is 4.42 Å². The van der Waals surface area contributed by atoms with Gasteiger partial charge in [0.25, 0.3) is 0 Å². The maximum absolute atomic E-state index is 10.1. The topological polar surface area (TPSA) is 33.4 Å². The van der Waals surface area contributed by atoms with Crippen LogP contribution in [0.1, 0.15) is 76.7 Å². The summed E-state index contributed by atoms with van der Waals surface area (Å²) in [4.78, 5) is 0. The summed E-state index contributed by atoms with van der Waals surface area (Å²) in [6.45, 7) is 5.09. The number of hydrogen-bond donors (Lipinski definition) is 1. The first-order valence-corrected chi connectivity index (χ1v) is 10.4. The fourth-order valence-electron chi connectivity index (χ4n) is 7.66. The van der Waals surface area contributed by atoms with Crippen LogP contribution in [-0.4, -0.2) is 11.2 Å². The van der Waals surface area contributed by atoms with Crippen molar-refractivity contribution >= 4 is 0 Å².